The molecule has 166 valence electrons. The van der Waals surface area contributed by atoms with Crippen LogP contribution in [0.1, 0.15) is 16.7 Å². The Hall–Kier alpha value is -2.22. The minimum atomic E-state index is -1.00. The molecule has 0 aromatic heterocycles. The number of carbonyl (C=O) groups excluding carboxylic acids is 1. The fourth-order valence-electron chi connectivity index (χ4n) is 4.46. The van der Waals surface area contributed by atoms with Crippen LogP contribution in [0.2, 0.25) is 0 Å². The summed E-state index contributed by atoms with van der Waals surface area (Å²) in [6.45, 7) is 5.39. The van der Waals surface area contributed by atoms with Gasteiger partial charge in [-0.3, -0.25) is 4.79 Å². The van der Waals surface area contributed by atoms with E-state index in [2.05, 4.69) is 29.0 Å². The molecule has 6 nitrogen and oxygen atoms in total. The van der Waals surface area contributed by atoms with E-state index in [0.717, 1.165) is 48.8 Å². The number of benzene rings is 2. The number of rotatable bonds is 5. The normalized spacial score (nSPS) is 17.9. The monoisotopic (exact) mass is 441 g/mol. The van der Waals surface area contributed by atoms with Gasteiger partial charge in [-0.05, 0) is 54.5 Å². The number of hydrogen-bond acceptors (Lipinski definition) is 5. The van der Waals surface area contributed by atoms with Gasteiger partial charge in [-0.25, -0.2) is 0 Å². The SMILES string of the molecule is COc1ccc(N2CCN(C)CC2)c2c1CCN(C(=O)Cc1ccc([S+](C)[O-])cc1)C2. The molecule has 2 aromatic rings. The maximum Gasteiger partial charge on any atom is 0.227 e. The minimum Gasteiger partial charge on any atom is -0.612 e. The molecule has 0 aliphatic carbocycles. The Labute approximate surface area is 188 Å². The summed E-state index contributed by atoms with van der Waals surface area (Å²) in [6.07, 6.45) is 2.83. The van der Waals surface area contributed by atoms with Gasteiger partial charge in [0.15, 0.2) is 4.90 Å². The van der Waals surface area contributed by atoms with Gasteiger partial charge in [0.2, 0.25) is 5.91 Å². The highest BCUT2D eigenvalue weighted by molar-refractivity contribution is 7.90. The zero-order chi connectivity index (χ0) is 22.0. The number of methoxy groups -OCH3 is 1. The molecule has 0 N–H and O–H groups in total. The Kier molecular flexibility index (Phi) is 6.74. The van der Waals surface area contributed by atoms with Gasteiger partial charge in [0, 0.05) is 56.1 Å². The predicted molar refractivity (Wildman–Crippen MR) is 124 cm³/mol. The molecule has 0 saturated carbocycles. The van der Waals surface area contributed by atoms with E-state index in [1.165, 1.54) is 16.8 Å². The van der Waals surface area contributed by atoms with Crippen LogP contribution in [-0.4, -0.2) is 73.4 Å². The van der Waals surface area contributed by atoms with E-state index in [4.69, 9.17) is 4.74 Å². The van der Waals surface area contributed by atoms with Crippen LogP contribution in [0.4, 0.5) is 5.69 Å². The lowest BCUT2D eigenvalue weighted by atomic mass is 9.95. The zero-order valence-corrected chi connectivity index (χ0v) is 19.4. The van der Waals surface area contributed by atoms with E-state index in [9.17, 15) is 9.35 Å². The smallest absolute Gasteiger partial charge is 0.227 e. The van der Waals surface area contributed by atoms with Crippen LogP contribution in [-0.2, 0) is 35.4 Å². The van der Waals surface area contributed by atoms with E-state index >= 15 is 0 Å². The highest BCUT2D eigenvalue weighted by Gasteiger charge is 2.28. The summed E-state index contributed by atoms with van der Waals surface area (Å²) in [7, 11) is 3.88. The number of anilines is 1. The first-order valence-electron chi connectivity index (χ1n) is 10.8. The summed E-state index contributed by atoms with van der Waals surface area (Å²) in [4.78, 5) is 20.6. The van der Waals surface area contributed by atoms with Crippen LogP contribution in [0.3, 0.4) is 0 Å². The van der Waals surface area contributed by atoms with Crippen molar-refractivity contribution in [3.63, 3.8) is 0 Å². The Morgan fingerprint density at radius 2 is 1.74 bits per heavy atom. The largest absolute Gasteiger partial charge is 0.612 e. The van der Waals surface area contributed by atoms with E-state index in [-0.39, 0.29) is 5.91 Å². The summed E-state index contributed by atoms with van der Waals surface area (Å²) >= 11 is -1.00. The van der Waals surface area contributed by atoms with Gasteiger partial charge in [0.25, 0.3) is 0 Å². The quantitative estimate of drug-likeness (QED) is 0.667. The van der Waals surface area contributed by atoms with Crippen molar-refractivity contribution in [1.82, 2.24) is 9.80 Å². The third-order valence-corrected chi connectivity index (χ3v) is 7.31. The van der Waals surface area contributed by atoms with Crippen LogP contribution in [0.15, 0.2) is 41.3 Å². The Morgan fingerprint density at radius 3 is 2.39 bits per heavy atom. The Morgan fingerprint density at radius 1 is 1.03 bits per heavy atom. The van der Waals surface area contributed by atoms with Crippen molar-refractivity contribution in [2.24, 2.45) is 0 Å². The molecule has 0 bridgehead atoms. The number of amides is 1. The molecule has 4 rings (SSSR count). The second-order valence-corrected chi connectivity index (χ2v) is 9.75. The summed E-state index contributed by atoms with van der Waals surface area (Å²) in [5.41, 5.74) is 4.64. The van der Waals surface area contributed by atoms with E-state index in [0.29, 0.717) is 19.5 Å². The number of carbonyl (C=O) groups is 1. The molecule has 31 heavy (non-hydrogen) atoms. The average molecular weight is 442 g/mol. The third kappa shape index (κ3) is 4.84. The number of fused-ring (bicyclic) bond motifs is 1. The summed E-state index contributed by atoms with van der Waals surface area (Å²) in [5.74, 6) is 1.05. The number of ether oxygens (including phenoxy) is 1. The van der Waals surface area contributed by atoms with Crippen molar-refractivity contribution >= 4 is 22.8 Å². The highest BCUT2D eigenvalue weighted by Crippen LogP contribution is 2.36. The lowest BCUT2D eigenvalue weighted by molar-refractivity contribution is -0.131. The van der Waals surface area contributed by atoms with E-state index in [1.54, 1.807) is 13.4 Å². The maximum absolute atomic E-state index is 13.1. The zero-order valence-electron chi connectivity index (χ0n) is 18.6. The second-order valence-electron chi connectivity index (χ2n) is 8.37. The van der Waals surface area contributed by atoms with E-state index in [1.807, 2.05) is 29.2 Å². The van der Waals surface area contributed by atoms with Gasteiger partial charge in [0.05, 0.1) is 13.5 Å². The van der Waals surface area contributed by atoms with Gasteiger partial charge >= 0.3 is 0 Å². The van der Waals surface area contributed by atoms with Crippen molar-refractivity contribution in [3.05, 3.63) is 53.1 Å². The molecule has 7 heteroatoms. The van der Waals surface area contributed by atoms with Gasteiger partial charge < -0.3 is 24.0 Å². The van der Waals surface area contributed by atoms with Crippen LogP contribution >= 0.6 is 0 Å². The Bertz CT molecular complexity index is 924. The van der Waals surface area contributed by atoms with Crippen LogP contribution in [0.25, 0.3) is 0 Å². The predicted octanol–water partition coefficient (Wildman–Crippen LogP) is 2.31. The fraction of sp³-hybridized carbons (Fsp3) is 0.458. The van der Waals surface area contributed by atoms with Crippen molar-refractivity contribution in [2.75, 3.05) is 58.0 Å². The molecular weight excluding hydrogens is 410 g/mol. The molecule has 2 aliphatic heterocycles. The molecule has 1 unspecified atom stereocenters. The third-order valence-electron chi connectivity index (χ3n) is 6.37. The van der Waals surface area contributed by atoms with Crippen LogP contribution in [0.5, 0.6) is 5.75 Å². The number of likely N-dealkylation sites (N-methyl/N-ethyl adjacent to an activating group) is 1. The molecule has 1 fully saturated rings. The fourth-order valence-corrected chi connectivity index (χ4v) is 4.98. The molecule has 0 spiro atoms. The average Bonchev–Trinajstić information content (AvgIpc) is 2.79. The summed E-state index contributed by atoms with van der Waals surface area (Å²) in [5, 5.41) is 0. The first-order chi connectivity index (χ1) is 15.0. The molecule has 1 amide bonds. The highest BCUT2D eigenvalue weighted by atomic mass is 32.2. The van der Waals surface area contributed by atoms with Crippen LogP contribution < -0.4 is 9.64 Å². The molecule has 2 aliphatic rings. The number of piperazine rings is 1. The summed E-state index contributed by atoms with van der Waals surface area (Å²) < 4.78 is 17.2. The topological polar surface area (TPSA) is 59.1 Å². The van der Waals surface area contributed by atoms with Gasteiger partial charge in [-0.2, -0.15) is 0 Å². The maximum atomic E-state index is 13.1. The number of hydrogen-bond donors (Lipinski definition) is 0. The van der Waals surface area contributed by atoms with Crippen molar-refractivity contribution in [2.45, 2.75) is 24.3 Å². The molecule has 2 heterocycles. The Balaban J connectivity index is 1.53. The van der Waals surface area contributed by atoms with E-state index < -0.39 is 11.2 Å². The van der Waals surface area contributed by atoms with Crippen molar-refractivity contribution < 1.29 is 14.1 Å². The molecule has 1 atom stereocenters. The minimum absolute atomic E-state index is 0.128. The standard InChI is InChI=1S/C24H31N3O3S/c1-25-12-14-26(15-13-25)22-8-9-23(30-2)20-10-11-27(17-21(20)22)24(28)16-18-4-6-19(7-5-18)31(3)29/h4-9H,10-17H2,1-3H3. The van der Waals surface area contributed by atoms with Crippen molar-refractivity contribution in [1.29, 1.82) is 0 Å². The second kappa shape index (κ2) is 9.51. The summed E-state index contributed by atoms with van der Waals surface area (Å²) in [6, 6.07) is 11.7. The first-order valence-corrected chi connectivity index (χ1v) is 12.3. The number of nitrogens with zero attached hydrogens (tertiary/aromatic N) is 3. The lowest BCUT2D eigenvalue weighted by Crippen LogP contribution is -2.45. The van der Waals surface area contributed by atoms with Gasteiger partial charge in [-0.1, -0.05) is 12.1 Å². The molecule has 2 aromatic carbocycles. The molecule has 0 radical (unpaired) electrons. The van der Waals surface area contributed by atoms with Gasteiger partial charge in [-0.15, -0.1) is 0 Å². The molecule has 1 saturated heterocycles. The lowest BCUT2D eigenvalue weighted by Gasteiger charge is -2.38. The first kappa shape index (κ1) is 22.0. The van der Waals surface area contributed by atoms with Crippen molar-refractivity contribution in [3.8, 4) is 5.75 Å². The van der Waals surface area contributed by atoms with Crippen LogP contribution in [0, 0.1) is 0 Å². The van der Waals surface area contributed by atoms with Gasteiger partial charge in [0.1, 0.15) is 12.0 Å². The molecular formula is C24H31N3O3S.